The minimum absolute atomic E-state index is 0.146. The summed E-state index contributed by atoms with van der Waals surface area (Å²) in [4.78, 5) is 20.3. The summed E-state index contributed by atoms with van der Waals surface area (Å²) in [6.45, 7) is 0.672. The van der Waals surface area contributed by atoms with Gasteiger partial charge >= 0.3 is 0 Å². The van der Waals surface area contributed by atoms with Gasteiger partial charge in [-0.3, -0.25) is 4.79 Å². The Hall–Kier alpha value is -3.49. The number of anilines is 1. The molecule has 0 bridgehead atoms. The molecular weight excluding hydrogens is 427 g/mol. The van der Waals surface area contributed by atoms with Gasteiger partial charge < -0.3 is 9.64 Å². The molecule has 1 aromatic heterocycles. The van der Waals surface area contributed by atoms with Crippen LogP contribution in [0.5, 0.6) is 5.88 Å². The van der Waals surface area contributed by atoms with E-state index in [9.17, 15) is 4.79 Å². The zero-order chi connectivity index (χ0) is 22.7. The van der Waals surface area contributed by atoms with Gasteiger partial charge in [-0.2, -0.15) is 0 Å². The fourth-order valence-corrected chi connectivity index (χ4v) is 9.78. The summed E-state index contributed by atoms with van der Waals surface area (Å²) in [6, 6.07) is 35.5. The van der Waals surface area contributed by atoms with E-state index in [-0.39, 0.29) is 11.6 Å². The first-order valence-corrected chi connectivity index (χ1v) is 13.0. The molecule has 0 N–H and O–H groups in total. The molecule has 0 aliphatic carbocycles. The molecule has 1 saturated heterocycles. The number of hydrogen-bond donors (Lipinski definition) is 0. The third kappa shape index (κ3) is 3.71. The largest absolute Gasteiger partial charge is 0.481 e. The molecule has 5 rings (SSSR count). The van der Waals surface area contributed by atoms with Gasteiger partial charge in [0.25, 0.3) is 5.91 Å². The summed E-state index contributed by atoms with van der Waals surface area (Å²) < 4.78 is 5.20. The lowest BCUT2D eigenvalue weighted by atomic mass is 10.3. The van der Waals surface area contributed by atoms with Gasteiger partial charge in [0.05, 0.1) is 19.0 Å². The summed E-state index contributed by atoms with van der Waals surface area (Å²) in [5, 5.41) is 3.70. The van der Waals surface area contributed by atoms with Crippen molar-refractivity contribution in [2.24, 2.45) is 0 Å². The Bertz CT molecular complexity index is 1120. The van der Waals surface area contributed by atoms with E-state index < -0.39 is 7.26 Å². The Morgan fingerprint density at radius 1 is 0.788 bits per heavy atom. The lowest BCUT2D eigenvalue weighted by Crippen LogP contribution is -2.42. The van der Waals surface area contributed by atoms with Crippen molar-refractivity contribution in [3.63, 3.8) is 0 Å². The summed E-state index contributed by atoms with van der Waals surface area (Å²) >= 11 is 0. The first kappa shape index (κ1) is 21.4. The third-order valence-electron chi connectivity index (χ3n) is 6.38. The van der Waals surface area contributed by atoms with Crippen LogP contribution in [0.15, 0.2) is 109 Å². The summed E-state index contributed by atoms with van der Waals surface area (Å²) in [6.07, 6.45) is 2.52. The summed E-state index contributed by atoms with van der Waals surface area (Å²) in [5.41, 5.74) is 0.669. The lowest BCUT2D eigenvalue weighted by molar-refractivity contribution is -0.116. The SMILES string of the molecule is COc1ccc(N2CC[C@@H]([P+](c3ccccc3)(c3ccccc3)c3ccccc3)C2=O)cn1. The predicted octanol–water partition coefficient (Wildman–Crippen LogP) is 4.19. The van der Waals surface area contributed by atoms with E-state index in [4.69, 9.17) is 4.74 Å². The number of carbonyl (C=O) groups is 1. The lowest BCUT2D eigenvalue weighted by Gasteiger charge is -2.31. The van der Waals surface area contributed by atoms with E-state index in [1.807, 2.05) is 35.2 Å². The van der Waals surface area contributed by atoms with Gasteiger partial charge in [0.2, 0.25) is 5.88 Å². The van der Waals surface area contributed by atoms with Gasteiger partial charge in [-0.1, -0.05) is 54.6 Å². The van der Waals surface area contributed by atoms with Crippen molar-refractivity contribution in [3.8, 4) is 5.88 Å². The zero-order valence-electron chi connectivity index (χ0n) is 18.5. The minimum Gasteiger partial charge on any atom is -0.481 e. The molecule has 2 heterocycles. The number of nitrogens with zero attached hydrogens (tertiary/aromatic N) is 2. The van der Waals surface area contributed by atoms with Gasteiger partial charge in [0.15, 0.2) is 5.66 Å². The summed E-state index contributed by atoms with van der Waals surface area (Å²) in [7, 11) is -0.672. The Kier molecular flexibility index (Phi) is 5.93. The molecular formula is C28H26N2O2P+. The Morgan fingerprint density at radius 3 is 1.73 bits per heavy atom. The molecule has 1 atom stereocenters. The Morgan fingerprint density at radius 2 is 1.30 bits per heavy atom. The number of benzene rings is 3. The normalized spacial score (nSPS) is 16.1. The van der Waals surface area contributed by atoms with E-state index in [2.05, 4.69) is 77.8 Å². The maximum Gasteiger partial charge on any atom is 0.269 e. The maximum absolute atomic E-state index is 14.1. The number of ether oxygens (including phenoxy) is 1. The number of amides is 1. The second-order valence-electron chi connectivity index (χ2n) is 8.08. The van der Waals surface area contributed by atoms with E-state index in [0.29, 0.717) is 12.4 Å². The molecule has 1 amide bonds. The number of carbonyl (C=O) groups excluding carboxylic acids is 1. The van der Waals surface area contributed by atoms with Crippen LogP contribution in [0.4, 0.5) is 5.69 Å². The van der Waals surface area contributed by atoms with Gasteiger partial charge in [-0.25, -0.2) is 4.98 Å². The molecule has 4 aromatic rings. The van der Waals surface area contributed by atoms with Crippen LogP contribution in [-0.4, -0.2) is 30.2 Å². The smallest absolute Gasteiger partial charge is 0.269 e. The van der Waals surface area contributed by atoms with Crippen LogP contribution < -0.4 is 25.6 Å². The number of aromatic nitrogens is 1. The molecule has 0 saturated carbocycles. The van der Waals surface area contributed by atoms with Crippen molar-refractivity contribution in [1.29, 1.82) is 0 Å². The molecule has 164 valence electrons. The van der Waals surface area contributed by atoms with Crippen molar-refractivity contribution in [2.75, 3.05) is 18.6 Å². The zero-order valence-corrected chi connectivity index (χ0v) is 19.4. The van der Waals surface area contributed by atoms with Crippen LogP contribution in [0, 0.1) is 0 Å². The molecule has 0 spiro atoms. The van der Waals surface area contributed by atoms with Crippen molar-refractivity contribution in [1.82, 2.24) is 4.98 Å². The monoisotopic (exact) mass is 453 g/mol. The van der Waals surface area contributed by atoms with E-state index in [1.54, 1.807) is 13.3 Å². The van der Waals surface area contributed by atoms with Crippen molar-refractivity contribution in [3.05, 3.63) is 109 Å². The topological polar surface area (TPSA) is 42.4 Å². The average molecular weight is 454 g/mol. The van der Waals surface area contributed by atoms with E-state index in [1.165, 1.54) is 15.9 Å². The standard InChI is InChI=1S/C28H26N2O2P/c1-32-27-18-17-22(21-29-27)30-20-19-26(28(30)31)33(23-11-5-2-6-12-23,24-13-7-3-8-14-24)25-15-9-4-10-16-25/h2-18,21,26H,19-20H2,1H3/q+1/t26-/m1/s1. The van der Waals surface area contributed by atoms with Crippen molar-refractivity contribution >= 4 is 34.8 Å². The molecule has 1 aliphatic heterocycles. The Balaban J connectivity index is 1.69. The molecule has 0 unspecified atom stereocenters. The fraction of sp³-hybridized carbons (Fsp3) is 0.143. The molecule has 4 nitrogen and oxygen atoms in total. The highest BCUT2D eigenvalue weighted by Crippen LogP contribution is 2.62. The van der Waals surface area contributed by atoms with Crippen LogP contribution in [0.2, 0.25) is 0 Å². The maximum atomic E-state index is 14.1. The number of pyridine rings is 1. The second kappa shape index (κ2) is 9.17. The highest BCUT2D eigenvalue weighted by atomic mass is 31.2. The van der Waals surface area contributed by atoms with Crippen LogP contribution in [0.1, 0.15) is 6.42 Å². The quantitative estimate of drug-likeness (QED) is 0.411. The summed E-state index contributed by atoms with van der Waals surface area (Å²) in [5.74, 6) is 0.702. The van der Waals surface area contributed by atoms with Crippen molar-refractivity contribution in [2.45, 2.75) is 12.1 Å². The third-order valence-corrected chi connectivity index (χ3v) is 11.1. The van der Waals surface area contributed by atoms with Gasteiger partial charge in [-0.15, -0.1) is 0 Å². The average Bonchev–Trinajstić information content (AvgIpc) is 3.28. The van der Waals surface area contributed by atoms with Crippen molar-refractivity contribution < 1.29 is 9.53 Å². The highest BCUT2D eigenvalue weighted by molar-refractivity contribution is 7.97. The Labute approximate surface area is 195 Å². The van der Waals surface area contributed by atoms with E-state index in [0.717, 1.165) is 12.1 Å². The number of methoxy groups -OCH3 is 1. The van der Waals surface area contributed by atoms with Crippen LogP contribution in [0.25, 0.3) is 0 Å². The fourth-order valence-electron chi connectivity index (χ4n) is 4.91. The predicted molar refractivity (Wildman–Crippen MR) is 137 cm³/mol. The molecule has 1 fully saturated rings. The molecule has 5 heteroatoms. The molecule has 1 aliphatic rings. The molecule has 0 radical (unpaired) electrons. The molecule has 33 heavy (non-hydrogen) atoms. The van der Waals surface area contributed by atoms with Crippen LogP contribution in [0.3, 0.4) is 0 Å². The van der Waals surface area contributed by atoms with Gasteiger partial charge in [0, 0.05) is 19.0 Å². The van der Waals surface area contributed by atoms with Gasteiger partial charge in [-0.05, 0) is 42.5 Å². The second-order valence-corrected chi connectivity index (χ2v) is 11.7. The van der Waals surface area contributed by atoms with Gasteiger partial charge in [0.1, 0.15) is 23.2 Å². The number of rotatable bonds is 6. The van der Waals surface area contributed by atoms with Crippen LogP contribution >= 0.6 is 7.26 Å². The molecule has 3 aromatic carbocycles. The first-order valence-electron chi connectivity index (χ1n) is 11.1. The van der Waals surface area contributed by atoms with Crippen LogP contribution in [-0.2, 0) is 4.79 Å². The highest BCUT2D eigenvalue weighted by Gasteiger charge is 2.58. The van der Waals surface area contributed by atoms with E-state index >= 15 is 0 Å². The first-order chi connectivity index (χ1) is 16.2. The minimum atomic E-state index is -2.27. The number of hydrogen-bond acceptors (Lipinski definition) is 3.